The first-order chi connectivity index (χ1) is 8.92. The average Bonchev–Trinajstić information content (AvgIpc) is 3.09. The first-order valence-electron chi connectivity index (χ1n) is 5.67. The predicted molar refractivity (Wildman–Crippen MR) is 63.6 cm³/mol. The van der Waals surface area contributed by atoms with Crippen molar-refractivity contribution < 1.29 is 8.94 Å². The zero-order chi connectivity index (χ0) is 12.2. The van der Waals surface area contributed by atoms with E-state index in [0.717, 1.165) is 17.7 Å². The van der Waals surface area contributed by atoms with Crippen LogP contribution >= 0.6 is 0 Å². The Kier molecular flexibility index (Phi) is 2.87. The van der Waals surface area contributed by atoms with Crippen LogP contribution in [0.4, 0.5) is 0 Å². The number of hydrogen-bond donors (Lipinski definition) is 0. The molecule has 0 amide bonds. The van der Waals surface area contributed by atoms with Gasteiger partial charge < -0.3 is 8.94 Å². The minimum Gasteiger partial charge on any atom is -0.469 e. The first kappa shape index (κ1) is 10.7. The number of pyridine rings is 1. The third-order valence-electron chi connectivity index (χ3n) is 2.55. The van der Waals surface area contributed by atoms with E-state index in [1.54, 1.807) is 18.7 Å². The number of rotatable bonds is 4. The molecule has 3 heterocycles. The fourth-order valence-electron chi connectivity index (χ4n) is 1.65. The lowest BCUT2D eigenvalue weighted by molar-refractivity contribution is 0.374. The average molecular weight is 241 g/mol. The van der Waals surface area contributed by atoms with Gasteiger partial charge in [-0.1, -0.05) is 5.16 Å². The second kappa shape index (κ2) is 4.83. The quantitative estimate of drug-likeness (QED) is 0.702. The fourth-order valence-corrected chi connectivity index (χ4v) is 1.65. The lowest BCUT2D eigenvalue weighted by Gasteiger charge is -1.91. The van der Waals surface area contributed by atoms with Gasteiger partial charge in [-0.3, -0.25) is 4.98 Å². The molecule has 0 saturated carbocycles. The van der Waals surface area contributed by atoms with E-state index < -0.39 is 0 Å². The summed E-state index contributed by atoms with van der Waals surface area (Å²) in [7, 11) is 0. The molecule has 0 aliphatic carbocycles. The summed E-state index contributed by atoms with van der Waals surface area (Å²) in [6, 6.07) is 7.53. The van der Waals surface area contributed by atoms with Gasteiger partial charge in [-0.25, -0.2) is 0 Å². The van der Waals surface area contributed by atoms with Crippen LogP contribution in [0.25, 0.3) is 11.4 Å². The van der Waals surface area contributed by atoms with Crippen molar-refractivity contribution in [3.8, 4) is 11.4 Å². The molecule has 18 heavy (non-hydrogen) atoms. The zero-order valence-corrected chi connectivity index (χ0v) is 9.61. The van der Waals surface area contributed by atoms with Crippen LogP contribution in [0, 0.1) is 0 Å². The molecule has 0 fully saturated rings. The Morgan fingerprint density at radius 1 is 1.11 bits per heavy atom. The monoisotopic (exact) mass is 241 g/mol. The molecule has 3 rings (SSSR count). The smallest absolute Gasteiger partial charge is 0.227 e. The SMILES string of the molecule is c1cncc(-c2noc(CCc3ccco3)n2)c1. The summed E-state index contributed by atoms with van der Waals surface area (Å²) in [6.07, 6.45) is 6.50. The van der Waals surface area contributed by atoms with Crippen molar-refractivity contribution in [3.05, 3.63) is 54.6 Å². The van der Waals surface area contributed by atoms with E-state index in [2.05, 4.69) is 15.1 Å². The molecule has 0 bridgehead atoms. The minimum atomic E-state index is 0.567. The maximum absolute atomic E-state index is 5.25. The van der Waals surface area contributed by atoms with Crippen molar-refractivity contribution in [2.45, 2.75) is 12.8 Å². The van der Waals surface area contributed by atoms with Crippen molar-refractivity contribution >= 4 is 0 Å². The highest BCUT2D eigenvalue weighted by Gasteiger charge is 2.09. The summed E-state index contributed by atoms with van der Waals surface area (Å²) in [6.45, 7) is 0. The Bertz CT molecular complexity index is 602. The molecule has 0 aliphatic rings. The van der Waals surface area contributed by atoms with Gasteiger partial charge in [-0.05, 0) is 24.3 Å². The molecule has 0 aliphatic heterocycles. The lowest BCUT2D eigenvalue weighted by atomic mass is 10.2. The topological polar surface area (TPSA) is 65.0 Å². The van der Waals surface area contributed by atoms with Gasteiger partial charge in [0.25, 0.3) is 0 Å². The predicted octanol–water partition coefficient (Wildman–Crippen LogP) is 2.51. The highest BCUT2D eigenvalue weighted by molar-refractivity contribution is 5.51. The standard InChI is InChI=1S/C13H11N3O2/c1-3-10(9-14-7-1)13-15-12(18-16-13)6-5-11-4-2-8-17-11/h1-4,7-9H,5-6H2. The molecule has 0 radical (unpaired) electrons. The number of aryl methyl sites for hydroxylation is 2. The van der Waals surface area contributed by atoms with Crippen LogP contribution in [-0.4, -0.2) is 15.1 Å². The van der Waals surface area contributed by atoms with Gasteiger partial charge in [0.1, 0.15) is 5.76 Å². The molecule has 5 nitrogen and oxygen atoms in total. The van der Waals surface area contributed by atoms with E-state index in [1.807, 2.05) is 24.3 Å². The summed E-state index contributed by atoms with van der Waals surface area (Å²) in [5.74, 6) is 2.08. The molecular formula is C13H11N3O2. The first-order valence-corrected chi connectivity index (χ1v) is 5.67. The molecular weight excluding hydrogens is 230 g/mol. The van der Waals surface area contributed by atoms with Gasteiger partial charge >= 0.3 is 0 Å². The van der Waals surface area contributed by atoms with Crippen LogP contribution in [0.1, 0.15) is 11.7 Å². The van der Waals surface area contributed by atoms with Gasteiger partial charge in [0, 0.05) is 30.8 Å². The maximum Gasteiger partial charge on any atom is 0.227 e. The number of aromatic nitrogens is 3. The zero-order valence-electron chi connectivity index (χ0n) is 9.61. The largest absolute Gasteiger partial charge is 0.469 e. The molecule has 5 heteroatoms. The van der Waals surface area contributed by atoms with Crippen molar-refractivity contribution in [1.29, 1.82) is 0 Å². The normalized spacial score (nSPS) is 10.7. The maximum atomic E-state index is 5.25. The van der Waals surface area contributed by atoms with E-state index in [1.165, 1.54) is 0 Å². The van der Waals surface area contributed by atoms with Crippen LogP contribution in [0.2, 0.25) is 0 Å². The summed E-state index contributed by atoms with van der Waals surface area (Å²) in [4.78, 5) is 8.34. The van der Waals surface area contributed by atoms with Crippen LogP contribution < -0.4 is 0 Å². The molecule has 0 atom stereocenters. The van der Waals surface area contributed by atoms with Crippen molar-refractivity contribution in [2.75, 3.05) is 0 Å². The molecule has 0 saturated heterocycles. The molecule has 0 unspecified atom stereocenters. The van der Waals surface area contributed by atoms with Crippen LogP contribution in [0.5, 0.6) is 0 Å². The molecule has 0 aromatic carbocycles. The second-order valence-corrected chi connectivity index (χ2v) is 3.83. The number of nitrogens with zero attached hydrogens (tertiary/aromatic N) is 3. The third kappa shape index (κ3) is 2.29. The Balaban J connectivity index is 1.70. The summed E-state index contributed by atoms with van der Waals surface area (Å²) in [5.41, 5.74) is 0.852. The van der Waals surface area contributed by atoms with E-state index >= 15 is 0 Å². The second-order valence-electron chi connectivity index (χ2n) is 3.83. The van der Waals surface area contributed by atoms with E-state index in [9.17, 15) is 0 Å². The Morgan fingerprint density at radius 2 is 2.11 bits per heavy atom. The Morgan fingerprint density at radius 3 is 2.89 bits per heavy atom. The van der Waals surface area contributed by atoms with Crippen molar-refractivity contribution in [1.82, 2.24) is 15.1 Å². The summed E-state index contributed by atoms with van der Waals surface area (Å²) >= 11 is 0. The van der Waals surface area contributed by atoms with Gasteiger partial charge in [-0.15, -0.1) is 0 Å². The van der Waals surface area contributed by atoms with Crippen LogP contribution in [-0.2, 0) is 12.8 Å². The van der Waals surface area contributed by atoms with E-state index in [0.29, 0.717) is 18.1 Å². The molecule has 0 spiro atoms. The fraction of sp³-hybridized carbons (Fsp3) is 0.154. The third-order valence-corrected chi connectivity index (χ3v) is 2.55. The summed E-state index contributed by atoms with van der Waals surface area (Å²) in [5, 5.41) is 3.93. The van der Waals surface area contributed by atoms with Gasteiger partial charge in [-0.2, -0.15) is 4.98 Å². The number of furan rings is 1. The minimum absolute atomic E-state index is 0.567. The Labute approximate surface area is 103 Å². The highest BCUT2D eigenvalue weighted by atomic mass is 16.5. The molecule has 0 N–H and O–H groups in total. The van der Waals surface area contributed by atoms with E-state index in [4.69, 9.17) is 8.94 Å². The van der Waals surface area contributed by atoms with Crippen LogP contribution in [0.15, 0.2) is 51.9 Å². The molecule has 3 aromatic heterocycles. The summed E-state index contributed by atoms with van der Waals surface area (Å²) < 4.78 is 10.4. The van der Waals surface area contributed by atoms with E-state index in [-0.39, 0.29) is 0 Å². The Hall–Kier alpha value is -2.43. The van der Waals surface area contributed by atoms with Crippen molar-refractivity contribution in [2.24, 2.45) is 0 Å². The van der Waals surface area contributed by atoms with Crippen LogP contribution in [0.3, 0.4) is 0 Å². The van der Waals surface area contributed by atoms with Gasteiger partial charge in [0.2, 0.25) is 11.7 Å². The highest BCUT2D eigenvalue weighted by Crippen LogP contribution is 2.14. The molecule has 3 aromatic rings. The van der Waals surface area contributed by atoms with Gasteiger partial charge in [0.15, 0.2) is 0 Å². The molecule has 90 valence electrons. The van der Waals surface area contributed by atoms with Gasteiger partial charge in [0.05, 0.1) is 6.26 Å². The van der Waals surface area contributed by atoms with Crippen molar-refractivity contribution in [3.63, 3.8) is 0 Å². The number of hydrogen-bond acceptors (Lipinski definition) is 5. The lowest BCUT2D eigenvalue weighted by Crippen LogP contribution is -1.90.